The highest BCUT2D eigenvalue weighted by molar-refractivity contribution is 5.62. The third-order valence-electron chi connectivity index (χ3n) is 3.73. The summed E-state index contributed by atoms with van der Waals surface area (Å²) in [4.78, 5) is 10.7. The predicted octanol–water partition coefficient (Wildman–Crippen LogP) is 3.75. The first kappa shape index (κ1) is 12.9. The molecule has 0 heterocycles. The van der Waals surface area contributed by atoms with Gasteiger partial charge in [-0.25, -0.2) is 0 Å². The Balaban J connectivity index is 2.02. The van der Waals surface area contributed by atoms with Crippen molar-refractivity contribution in [2.75, 3.05) is 11.9 Å². The van der Waals surface area contributed by atoms with Crippen molar-refractivity contribution in [3.8, 4) is 0 Å². The molecule has 1 aliphatic rings. The molecule has 1 aromatic carbocycles. The van der Waals surface area contributed by atoms with Crippen LogP contribution in [-0.2, 0) is 0 Å². The molecule has 98 valence electrons. The number of aryl methyl sites for hydroxylation is 1. The first-order chi connectivity index (χ1) is 8.56. The van der Waals surface area contributed by atoms with Gasteiger partial charge in [-0.1, -0.05) is 19.4 Å². The molecular formula is C14H20N2O2. The van der Waals surface area contributed by atoms with E-state index < -0.39 is 0 Å². The number of nitrogens with zero attached hydrogens (tertiary/aromatic N) is 1. The van der Waals surface area contributed by atoms with Gasteiger partial charge in [0.1, 0.15) is 5.69 Å². The molecule has 0 bridgehead atoms. The molecule has 2 atom stereocenters. The van der Waals surface area contributed by atoms with Crippen molar-refractivity contribution >= 4 is 11.4 Å². The Morgan fingerprint density at radius 2 is 2.22 bits per heavy atom. The van der Waals surface area contributed by atoms with E-state index in [1.54, 1.807) is 6.07 Å². The molecule has 0 aromatic heterocycles. The average molecular weight is 248 g/mol. The van der Waals surface area contributed by atoms with E-state index in [0.717, 1.165) is 18.0 Å². The van der Waals surface area contributed by atoms with Crippen LogP contribution in [0.1, 0.15) is 31.7 Å². The fourth-order valence-corrected chi connectivity index (χ4v) is 2.71. The highest BCUT2D eigenvalue weighted by Gasteiger charge is 2.22. The molecule has 1 aromatic rings. The van der Waals surface area contributed by atoms with Crippen molar-refractivity contribution < 1.29 is 4.92 Å². The molecular weight excluding hydrogens is 228 g/mol. The molecule has 1 N–H and O–H groups in total. The van der Waals surface area contributed by atoms with Crippen LogP contribution in [0.3, 0.4) is 0 Å². The number of nitro groups is 1. The van der Waals surface area contributed by atoms with Crippen LogP contribution in [0.15, 0.2) is 18.2 Å². The standard InChI is InChI=1S/C14H20N2O2/c1-10-3-5-12(7-10)9-15-13-6-4-11(2)8-14(13)16(17)18/h4,6,8,10,12,15H,3,5,7,9H2,1-2H3. The first-order valence-electron chi connectivity index (χ1n) is 6.55. The summed E-state index contributed by atoms with van der Waals surface area (Å²) in [5.41, 5.74) is 1.74. The van der Waals surface area contributed by atoms with Crippen molar-refractivity contribution in [1.29, 1.82) is 0 Å². The van der Waals surface area contributed by atoms with Gasteiger partial charge in [0.05, 0.1) is 4.92 Å². The normalized spacial score (nSPS) is 23.0. The van der Waals surface area contributed by atoms with E-state index in [1.165, 1.54) is 19.3 Å². The van der Waals surface area contributed by atoms with Crippen LogP contribution in [0, 0.1) is 28.9 Å². The fraction of sp³-hybridized carbons (Fsp3) is 0.571. The number of benzene rings is 1. The molecule has 0 aliphatic heterocycles. The first-order valence-corrected chi connectivity index (χ1v) is 6.55. The van der Waals surface area contributed by atoms with Gasteiger partial charge in [0.15, 0.2) is 0 Å². The Morgan fingerprint density at radius 1 is 1.44 bits per heavy atom. The van der Waals surface area contributed by atoms with Gasteiger partial charge in [0.2, 0.25) is 0 Å². The molecule has 4 nitrogen and oxygen atoms in total. The zero-order valence-electron chi connectivity index (χ0n) is 11.0. The number of hydrogen-bond acceptors (Lipinski definition) is 3. The van der Waals surface area contributed by atoms with Crippen LogP contribution in [0.4, 0.5) is 11.4 Å². The maximum atomic E-state index is 11.0. The van der Waals surface area contributed by atoms with Crippen LogP contribution in [0.25, 0.3) is 0 Å². The van der Waals surface area contributed by atoms with Gasteiger partial charge >= 0.3 is 0 Å². The van der Waals surface area contributed by atoms with E-state index in [0.29, 0.717) is 11.6 Å². The molecule has 0 radical (unpaired) electrons. The molecule has 0 saturated heterocycles. The monoisotopic (exact) mass is 248 g/mol. The lowest BCUT2D eigenvalue weighted by atomic mass is 10.1. The summed E-state index contributed by atoms with van der Waals surface area (Å²) < 4.78 is 0. The van der Waals surface area contributed by atoms with Crippen LogP contribution in [-0.4, -0.2) is 11.5 Å². The molecule has 18 heavy (non-hydrogen) atoms. The fourth-order valence-electron chi connectivity index (χ4n) is 2.71. The van der Waals surface area contributed by atoms with E-state index in [1.807, 2.05) is 19.1 Å². The number of hydrogen-bond donors (Lipinski definition) is 1. The summed E-state index contributed by atoms with van der Waals surface area (Å²) in [6.45, 7) is 4.98. The van der Waals surface area contributed by atoms with Crippen molar-refractivity contribution in [2.45, 2.75) is 33.1 Å². The second-order valence-electron chi connectivity index (χ2n) is 5.44. The Morgan fingerprint density at radius 3 is 2.83 bits per heavy atom. The lowest BCUT2D eigenvalue weighted by molar-refractivity contribution is -0.384. The lowest BCUT2D eigenvalue weighted by Crippen LogP contribution is -2.12. The minimum Gasteiger partial charge on any atom is -0.379 e. The van der Waals surface area contributed by atoms with Crippen LogP contribution >= 0.6 is 0 Å². The predicted molar refractivity (Wildman–Crippen MR) is 72.8 cm³/mol. The highest BCUT2D eigenvalue weighted by atomic mass is 16.6. The average Bonchev–Trinajstić information content (AvgIpc) is 2.73. The smallest absolute Gasteiger partial charge is 0.292 e. The van der Waals surface area contributed by atoms with Crippen molar-refractivity contribution in [1.82, 2.24) is 0 Å². The maximum absolute atomic E-state index is 11.0. The molecule has 0 amide bonds. The summed E-state index contributed by atoms with van der Waals surface area (Å²) in [6, 6.07) is 5.35. The molecule has 2 rings (SSSR count). The second-order valence-corrected chi connectivity index (χ2v) is 5.44. The summed E-state index contributed by atoms with van der Waals surface area (Å²) >= 11 is 0. The van der Waals surface area contributed by atoms with Gasteiger partial charge in [-0.05, 0) is 43.2 Å². The van der Waals surface area contributed by atoms with E-state index in [-0.39, 0.29) is 10.6 Å². The quantitative estimate of drug-likeness (QED) is 0.652. The minimum atomic E-state index is -0.313. The third kappa shape index (κ3) is 3.00. The van der Waals surface area contributed by atoms with Crippen LogP contribution < -0.4 is 5.32 Å². The summed E-state index contributed by atoms with van der Waals surface area (Å²) in [5.74, 6) is 1.45. The second kappa shape index (κ2) is 5.38. The van der Waals surface area contributed by atoms with Gasteiger partial charge in [0.25, 0.3) is 5.69 Å². The number of anilines is 1. The maximum Gasteiger partial charge on any atom is 0.292 e. The van der Waals surface area contributed by atoms with Crippen molar-refractivity contribution in [3.05, 3.63) is 33.9 Å². The van der Waals surface area contributed by atoms with Crippen molar-refractivity contribution in [2.24, 2.45) is 11.8 Å². The summed E-state index contributed by atoms with van der Waals surface area (Å²) in [6.07, 6.45) is 3.74. The summed E-state index contributed by atoms with van der Waals surface area (Å²) in [5, 5.41) is 14.2. The molecule has 4 heteroatoms. The Labute approximate surface area is 108 Å². The van der Waals surface area contributed by atoms with Gasteiger partial charge in [-0.15, -0.1) is 0 Å². The topological polar surface area (TPSA) is 55.2 Å². The Kier molecular flexibility index (Phi) is 3.84. The largest absolute Gasteiger partial charge is 0.379 e. The van der Waals surface area contributed by atoms with Gasteiger partial charge in [-0.3, -0.25) is 10.1 Å². The Bertz CT molecular complexity index is 445. The Hall–Kier alpha value is -1.58. The molecule has 1 fully saturated rings. The van der Waals surface area contributed by atoms with E-state index in [2.05, 4.69) is 12.2 Å². The SMILES string of the molecule is Cc1ccc(NCC2CCC(C)C2)c([N+](=O)[O-])c1. The van der Waals surface area contributed by atoms with E-state index >= 15 is 0 Å². The van der Waals surface area contributed by atoms with Gasteiger partial charge in [0, 0.05) is 12.6 Å². The number of nitrogens with one attached hydrogen (secondary N) is 1. The number of nitro benzene ring substituents is 1. The van der Waals surface area contributed by atoms with Crippen molar-refractivity contribution in [3.63, 3.8) is 0 Å². The molecule has 1 aliphatic carbocycles. The molecule has 1 saturated carbocycles. The highest BCUT2D eigenvalue weighted by Crippen LogP contribution is 2.31. The van der Waals surface area contributed by atoms with Crippen LogP contribution in [0.2, 0.25) is 0 Å². The number of rotatable bonds is 4. The summed E-state index contributed by atoms with van der Waals surface area (Å²) in [7, 11) is 0. The zero-order valence-corrected chi connectivity index (χ0v) is 11.0. The molecule has 0 spiro atoms. The zero-order chi connectivity index (χ0) is 13.1. The van der Waals surface area contributed by atoms with E-state index in [9.17, 15) is 10.1 Å². The van der Waals surface area contributed by atoms with Gasteiger partial charge < -0.3 is 5.32 Å². The van der Waals surface area contributed by atoms with E-state index in [4.69, 9.17) is 0 Å². The van der Waals surface area contributed by atoms with Gasteiger partial charge in [-0.2, -0.15) is 0 Å². The lowest BCUT2D eigenvalue weighted by Gasteiger charge is -2.12. The molecule has 2 unspecified atom stereocenters. The third-order valence-corrected chi connectivity index (χ3v) is 3.73. The minimum absolute atomic E-state index is 0.182. The van der Waals surface area contributed by atoms with Crippen LogP contribution in [0.5, 0.6) is 0 Å².